The van der Waals surface area contributed by atoms with Gasteiger partial charge in [0.15, 0.2) is 5.13 Å². The highest BCUT2D eigenvalue weighted by Crippen LogP contribution is 2.33. The molecular weight excluding hydrogens is 242 g/mol. The molecule has 2 heterocycles. The summed E-state index contributed by atoms with van der Waals surface area (Å²) in [6.07, 6.45) is 3.57. The van der Waals surface area contributed by atoms with Crippen molar-refractivity contribution in [1.29, 1.82) is 0 Å². The van der Waals surface area contributed by atoms with Gasteiger partial charge in [-0.2, -0.15) is 0 Å². The summed E-state index contributed by atoms with van der Waals surface area (Å²) in [6, 6.07) is 0.642. The Bertz CT molecular complexity index is 365. The van der Waals surface area contributed by atoms with Gasteiger partial charge in [-0.3, -0.25) is 0 Å². The molecule has 0 aromatic carbocycles. The smallest absolute Gasteiger partial charge is 0.186 e. The highest BCUT2D eigenvalue weighted by atomic mass is 32.1. The number of nitrogens with one attached hydrogen (secondary N) is 1. The van der Waals surface area contributed by atoms with Crippen LogP contribution >= 0.6 is 11.3 Å². The van der Waals surface area contributed by atoms with E-state index in [4.69, 9.17) is 4.98 Å². The highest BCUT2D eigenvalue weighted by molar-refractivity contribution is 7.15. The molecule has 1 aliphatic rings. The van der Waals surface area contributed by atoms with Crippen LogP contribution in [0.5, 0.6) is 0 Å². The zero-order valence-electron chi connectivity index (χ0n) is 12.0. The molecule has 2 atom stereocenters. The summed E-state index contributed by atoms with van der Waals surface area (Å²) in [5, 5.41) is 4.50. The Kier molecular flexibility index (Phi) is 4.62. The first-order chi connectivity index (χ1) is 8.65. The minimum Gasteiger partial charge on any atom is -0.345 e. The van der Waals surface area contributed by atoms with E-state index >= 15 is 0 Å². The van der Waals surface area contributed by atoms with Crippen molar-refractivity contribution in [1.82, 2.24) is 10.3 Å². The molecule has 4 heteroatoms. The lowest BCUT2D eigenvalue weighted by Gasteiger charge is -2.20. The van der Waals surface area contributed by atoms with Gasteiger partial charge in [0.2, 0.25) is 0 Å². The van der Waals surface area contributed by atoms with Crippen molar-refractivity contribution in [2.75, 3.05) is 18.5 Å². The quantitative estimate of drug-likeness (QED) is 0.889. The topological polar surface area (TPSA) is 28.2 Å². The first-order valence-electron chi connectivity index (χ1n) is 7.05. The number of hydrogen-bond acceptors (Lipinski definition) is 4. The Morgan fingerprint density at radius 3 is 2.78 bits per heavy atom. The number of rotatable bonds is 5. The van der Waals surface area contributed by atoms with Crippen molar-refractivity contribution in [2.24, 2.45) is 5.92 Å². The molecule has 1 N–H and O–H groups in total. The van der Waals surface area contributed by atoms with Gasteiger partial charge in [0.1, 0.15) is 0 Å². The van der Waals surface area contributed by atoms with E-state index < -0.39 is 0 Å². The van der Waals surface area contributed by atoms with Crippen molar-refractivity contribution in [3.05, 3.63) is 10.6 Å². The number of aryl methyl sites for hydroxylation is 1. The summed E-state index contributed by atoms with van der Waals surface area (Å²) >= 11 is 1.88. The highest BCUT2D eigenvalue weighted by Gasteiger charge is 2.28. The van der Waals surface area contributed by atoms with Crippen LogP contribution in [0.2, 0.25) is 0 Å². The number of anilines is 1. The van der Waals surface area contributed by atoms with Crippen LogP contribution in [0.25, 0.3) is 0 Å². The van der Waals surface area contributed by atoms with E-state index in [0.717, 1.165) is 18.9 Å². The van der Waals surface area contributed by atoms with Gasteiger partial charge in [-0.25, -0.2) is 4.98 Å². The molecule has 0 bridgehead atoms. The van der Waals surface area contributed by atoms with Gasteiger partial charge in [-0.05, 0) is 32.7 Å². The van der Waals surface area contributed by atoms with Crippen molar-refractivity contribution in [2.45, 2.75) is 52.6 Å². The Morgan fingerprint density at radius 1 is 1.44 bits per heavy atom. The maximum atomic E-state index is 4.89. The Labute approximate surface area is 115 Å². The van der Waals surface area contributed by atoms with Crippen LogP contribution in [-0.2, 0) is 13.0 Å². The molecule has 0 aliphatic carbocycles. The molecule has 102 valence electrons. The summed E-state index contributed by atoms with van der Waals surface area (Å²) in [4.78, 5) is 8.80. The number of aromatic nitrogens is 1. The number of hydrogen-bond donors (Lipinski definition) is 1. The third-order valence-electron chi connectivity index (χ3n) is 3.62. The van der Waals surface area contributed by atoms with E-state index in [0.29, 0.717) is 6.04 Å². The fourth-order valence-corrected chi connectivity index (χ4v) is 4.02. The van der Waals surface area contributed by atoms with Gasteiger partial charge in [0.05, 0.1) is 5.69 Å². The van der Waals surface area contributed by atoms with Crippen LogP contribution in [0.15, 0.2) is 0 Å². The van der Waals surface area contributed by atoms with Gasteiger partial charge in [-0.15, -0.1) is 11.3 Å². The maximum absolute atomic E-state index is 4.89. The average Bonchev–Trinajstić information content (AvgIpc) is 2.84. The summed E-state index contributed by atoms with van der Waals surface area (Å²) in [5.41, 5.74) is 1.30. The van der Waals surface area contributed by atoms with E-state index in [1.54, 1.807) is 0 Å². The number of nitrogens with zero attached hydrogens (tertiary/aromatic N) is 2. The summed E-state index contributed by atoms with van der Waals surface area (Å²) in [6.45, 7) is 9.00. The molecule has 1 fully saturated rings. The predicted octanol–water partition coefficient (Wildman–Crippen LogP) is 3.05. The summed E-state index contributed by atoms with van der Waals surface area (Å²) in [5.74, 6) is 0.797. The van der Waals surface area contributed by atoms with Crippen LogP contribution in [0.3, 0.4) is 0 Å². The Morgan fingerprint density at radius 2 is 2.22 bits per heavy atom. The minimum absolute atomic E-state index is 0.642. The largest absolute Gasteiger partial charge is 0.345 e. The summed E-state index contributed by atoms with van der Waals surface area (Å²) in [7, 11) is 2.01. The summed E-state index contributed by atoms with van der Waals surface area (Å²) < 4.78 is 0. The Balaban J connectivity index is 2.20. The second-order valence-electron chi connectivity index (χ2n) is 5.49. The average molecular weight is 267 g/mol. The Hall–Kier alpha value is -0.610. The van der Waals surface area contributed by atoms with Crippen molar-refractivity contribution >= 4 is 16.5 Å². The van der Waals surface area contributed by atoms with Gasteiger partial charge in [-0.1, -0.05) is 20.3 Å². The first-order valence-corrected chi connectivity index (χ1v) is 7.87. The normalized spacial score (nSPS) is 23.9. The van der Waals surface area contributed by atoms with Gasteiger partial charge >= 0.3 is 0 Å². The molecule has 2 unspecified atom stereocenters. The lowest BCUT2D eigenvalue weighted by molar-refractivity contribution is 0.625. The molecule has 1 aliphatic heterocycles. The fourth-order valence-electron chi connectivity index (χ4n) is 2.79. The molecule has 0 saturated carbocycles. The van der Waals surface area contributed by atoms with Crippen molar-refractivity contribution in [3.63, 3.8) is 0 Å². The molecule has 0 spiro atoms. The lowest BCUT2D eigenvalue weighted by Crippen LogP contribution is -2.26. The zero-order chi connectivity index (χ0) is 13.1. The molecule has 0 amide bonds. The van der Waals surface area contributed by atoms with Crippen molar-refractivity contribution in [3.8, 4) is 0 Å². The molecule has 1 saturated heterocycles. The van der Waals surface area contributed by atoms with Crippen LogP contribution in [-0.4, -0.2) is 24.6 Å². The third-order valence-corrected chi connectivity index (χ3v) is 4.76. The molecule has 18 heavy (non-hydrogen) atoms. The fraction of sp³-hybridized carbons (Fsp3) is 0.786. The molecule has 2 rings (SSSR count). The number of thiazole rings is 1. The minimum atomic E-state index is 0.642. The van der Waals surface area contributed by atoms with Crippen LogP contribution in [0.1, 0.15) is 44.2 Å². The van der Waals surface area contributed by atoms with E-state index in [-0.39, 0.29) is 0 Å². The molecule has 3 nitrogen and oxygen atoms in total. The van der Waals surface area contributed by atoms with Gasteiger partial charge < -0.3 is 10.2 Å². The first kappa shape index (κ1) is 13.8. The zero-order valence-corrected chi connectivity index (χ0v) is 12.8. The van der Waals surface area contributed by atoms with Crippen LogP contribution in [0.4, 0.5) is 5.13 Å². The standard InChI is InChI=1S/C14H25N3S/c1-5-6-12-13(8-15-4)18-14(16-12)17-9-10(2)7-11(17)3/h10-11,15H,5-9H2,1-4H3. The predicted molar refractivity (Wildman–Crippen MR) is 79.5 cm³/mol. The molecule has 1 aromatic rings. The van der Waals surface area contributed by atoms with E-state index in [1.807, 2.05) is 18.4 Å². The molecular formula is C14H25N3S. The second kappa shape index (κ2) is 6.02. The van der Waals surface area contributed by atoms with Gasteiger partial charge in [0, 0.05) is 24.0 Å². The molecule has 1 aromatic heterocycles. The van der Waals surface area contributed by atoms with Gasteiger partial charge in [0.25, 0.3) is 0 Å². The monoisotopic (exact) mass is 267 g/mol. The molecule has 0 radical (unpaired) electrons. The second-order valence-corrected chi connectivity index (χ2v) is 6.55. The van der Waals surface area contributed by atoms with E-state index in [9.17, 15) is 0 Å². The van der Waals surface area contributed by atoms with E-state index in [1.165, 1.54) is 35.1 Å². The SMILES string of the molecule is CCCc1nc(N2CC(C)CC2C)sc1CNC. The third kappa shape index (κ3) is 2.86. The van der Waals surface area contributed by atoms with Crippen molar-refractivity contribution < 1.29 is 0 Å². The van der Waals surface area contributed by atoms with Crippen LogP contribution < -0.4 is 10.2 Å². The lowest BCUT2D eigenvalue weighted by atomic mass is 10.1. The van der Waals surface area contributed by atoms with E-state index in [2.05, 4.69) is 31.0 Å². The van der Waals surface area contributed by atoms with Crippen LogP contribution in [0, 0.1) is 5.92 Å². The maximum Gasteiger partial charge on any atom is 0.186 e.